The fourth-order valence-electron chi connectivity index (χ4n) is 4.21. The summed E-state index contributed by atoms with van der Waals surface area (Å²) in [5.74, 6) is 0. The first kappa shape index (κ1) is 23.4. The van der Waals surface area contributed by atoms with Crippen LogP contribution in [0.4, 0.5) is 29.3 Å². The Hall–Kier alpha value is -2.79. The highest BCUT2D eigenvalue weighted by atomic mass is 32.2. The molecule has 2 aromatic carbocycles. The van der Waals surface area contributed by atoms with E-state index in [0.29, 0.717) is 30.9 Å². The molecule has 0 radical (unpaired) electrons. The number of sulfonamides is 1. The minimum atomic E-state index is -4.43. The third-order valence-corrected chi connectivity index (χ3v) is 7.83. The third-order valence-electron chi connectivity index (χ3n) is 5.93. The molecule has 0 atom stereocenters. The van der Waals surface area contributed by atoms with Gasteiger partial charge in [0.25, 0.3) is 0 Å². The van der Waals surface area contributed by atoms with Crippen LogP contribution in [-0.4, -0.2) is 58.0 Å². The van der Waals surface area contributed by atoms with Crippen LogP contribution in [0.3, 0.4) is 0 Å². The summed E-state index contributed by atoms with van der Waals surface area (Å²) in [5.41, 5.74) is 1.19. The number of benzene rings is 2. The SMILES string of the molecule is CCNC(=O)N1CCc2cc(S(=O)(=O)N3CCN(c4cccc(C(F)(F)F)c4)CC3)ccc21. The molecule has 0 spiro atoms. The Morgan fingerprint density at radius 3 is 2.42 bits per heavy atom. The molecular formula is C22H25F3N4O3S. The van der Waals surface area contributed by atoms with Crippen molar-refractivity contribution in [1.82, 2.24) is 9.62 Å². The van der Waals surface area contributed by atoms with Gasteiger partial charge in [0.2, 0.25) is 10.0 Å². The molecule has 2 aromatic rings. The van der Waals surface area contributed by atoms with E-state index in [4.69, 9.17) is 0 Å². The smallest absolute Gasteiger partial charge is 0.369 e. The highest BCUT2D eigenvalue weighted by Crippen LogP contribution is 2.33. The highest BCUT2D eigenvalue weighted by Gasteiger charge is 2.33. The number of piperazine rings is 1. The molecule has 2 aliphatic heterocycles. The van der Waals surface area contributed by atoms with Crippen molar-refractivity contribution >= 4 is 27.4 Å². The van der Waals surface area contributed by atoms with Gasteiger partial charge in [0, 0.05) is 50.6 Å². The van der Waals surface area contributed by atoms with Gasteiger partial charge in [0.15, 0.2) is 0 Å². The van der Waals surface area contributed by atoms with E-state index in [1.54, 1.807) is 28.0 Å². The van der Waals surface area contributed by atoms with E-state index < -0.39 is 21.8 Å². The summed E-state index contributed by atoms with van der Waals surface area (Å²) in [4.78, 5) is 15.7. The summed E-state index contributed by atoms with van der Waals surface area (Å²) < 4.78 is 66.8. The fraction of sp³-hybridized carbons (Fsp3) is 0.409. The van der Waals surface area contributed by atoms with Gasteiger partial charge < -0.3 is 10.2 Å². The van der Waals surface area contributed by atoms with Crippen molar-refractivity contribution < 1.29 is 26.4 Å². The Labute approximate surface area is 190 Å². The first-order valence-corrected chi connectivity index (χ1v) is 12.2. The zero-order chi connectivity index (χ0) is 23.8. The first-order valence-electron chi connectivity index (χ1n) is 10.7. The highest BCUT2D eigenvalue weighted by molar-refractivity contribution is 7.89. The second kappa shape index (κ2) is 8.86. The number of urea groups is 1. The van der Waals surface area contributed by atoms with Crippen LogP contribution in [0, 0.1) is 0 Å². The number of amides is 2. The Morgan fingerprint density at radius 1 is 1.03 bits per heavy atom. The number of alkyl halides is 3. The molecule has 4 rings (SSSR count). The van der Waals surface area contributed by atoms with E-state index in [9.17, 15) is 26.4 Å². The first-order chi connectivity index (χ1) is 15.6. The standard InChI is InChI=1S/C22H25F3N4O3S/c1-2-26-21(30)29-9-8-16-14-19(6-7-20(16)29)33(31,32)28-12-10-27(11-13-28)18-5-3-4-17(15-18)22(23,24)25/h3-7,14-15H,2,8-13H2,1H3,(H,26,30). The average molecular weight is 483 g/mol. The lowest BCUT2D eigenvalue weighted by molar-refractivity contribution is -0.137. The number of fused-ring (bicyclic) bond motifs is 1. The molecule has 0 unspecified atom stereocenters. The largest absolute Gasteiger partial charge is 0.416 e. The lowest BCUT2D eigenvalue weighted by Crippen LogP contribution is -2.48. The molecule has 33 heavy (non-hydrogen) atoms. The van der Waals surface area contributed by atoms with Gasteiger partial charge in [-0.15, -0.1) is 0 Å². The molecule has 0 aromatic heterocycles. The van der Waals surface area contributed by atoms with Crippen molar-refractivity contribution in [2.75, 3.05) is 49.1 Å². The van der Waals surface area contributed by atoms with E-state index in [1.807, 2.05) is 6.92 Å². The maximum atomic E-state index is 13.2. The van der Waals surface area contributed by atoms with E-state index in [0.717, 1.165) is 17.7 Å². The monoisotopic (exact) mass is 482 g/mol. The van der Waals surface area contributed by atoms with Gasteiger partial charge in [0.05, 0.1) is 10.5 Å². The van der Waals surface area contributed by atoms with Crippen molar-refractivity contribution in [1.29, 1.82) is 0 Å². The molecule has 11 heteroatoms. The molecule has 1 saturated heterocycles. The summed E-state index contributed by atoms with van der Waals surface area (Å²) >= 11 is 0. The number of anilines is 2. The van der Waals surface area contributed by atoms with Crippen LogP contribution in [0.1, 0.15) is 18.1 Å². The van der Waals surface area contributed by atoms with Crippen molar-refractivity contribution in [2.24, 2.45) is 0 Å². The second-order valence-electron chi connectivity index (χ2n) is 7.97. The van der Waals surface area contributed by atoms with Crippen molar-refractivity contribution in [3.05, 3.63) is 53.6 Å². The number of halogens is 3. The van der Waals surface area contributed by atoms with Crippen LogP contribution in [-0.2, 0) is 22.6 Å². The number of hydrogen-bond acceptors (Lipinski definition) is 4. The zero-order valence-corrected chi connectivity index (χ0v) is 18.9. The third kappa shape index (κ3) is 4.65. The maximum absolute atomic E-state index is 13.2. The number of nitrogens with one attached hydrogen (secondary N) is 1. The molecule has 2 heterocycles. The zero-order valence-electron chi connectivity index (χ0n) is 18.1. The van der Waals surface area contributed by atoms with Crippen LogP contribution in [0.5, 0.6) is 0 Å². The molecule has 0 saturated carbocycles. The Morgan fingerprint density at radius 2 is 1.76 bits per heavy atom. The predicted molar refractivity (Wildman–Crippen MR) is 119 cm³/mol. The maximum Gasteiger partial charge on any atom is 0.416 e. The number of carbonyl (C=O) groups excluding carboxylic acids is 1. The fourth-order valence-corrected chi connectivity index (χ4v) is 5.68. The minimum absolute atomic E-state index is 0.159. The van der Waals surface area contributed by atoms with Gasteiger partial charge in [-0.2, -0.15) is 17.5 Å². The molecule has 0 aliphatic carbocycles. The van der Waals surface area contributed by atoms with E-state index in [2.05, 4.69) is 5.32 Å². The Bertz CT molecular complexity index is 1150. The molecule has 178 valence electrons. The van der Waals surface area contributed by atoms with Crippen LogP contribution in [0.25, 0.3) is 0 Å². The lowest BCUT2D eigenvalue weighted by Gasteiger charge is -2.35. The van der Waals surface area contributed by atoms with Crippen LogP contribution >= 0.6 is 0 Å². The Kier molecular flexibility index (Phi) is 6.28. The molecule has 1 N–H and O–H groups in total. The van der Waals surface area contributed by atoms with Gasteiger partial charge in [-0.05, 0) is 55.3 Å². The predicted octanol–water partition coefficient (Wildman–Crippen LogP) is 3.31. The summed E-state index contributed by atoms with van der Waals surface area (Å²) in [6.45, 7) is 3.73. The van der Waals surface area contributed by atoms with Gasteiger partial charge in [-0.3, -0.25) is 4.90 Å². The molecule has 7 nitrogen and oxygen atoms in total. The molecule has 2 amide bonds. The normalized spacial score (nSPS) is 17.2. The minimum Gasteiger partial charge on any atom is -0.369 e. The quantitative estimate of drug-likeness (QED) is 0.726. The van der Waals surface area contributed by atoms with Crippen LogP contribution < -0.4 is 15.1 Å². The number of carbonyl (C=O) groups is 1. The number of nitrogens with zero attached hydrogens (tertiary/aromatic N) is 3. The van der Waals surface area contributed by atoms with Gasteiger partial charge in [-0.1, -0.05) is 6.07 Å². The number of rotatable bonds is 4. The van der Waals surface area contributed by atoms with E-state index in [1.165, 1.54) is 16.4 Å². The average Bonchev–Trinajstić information content (AvgIpc) is 3.22. The molecule has 1 fully saturated rings. The van der Waals surface area contributed by atoms with Crippen molar-refractivity contribution in [3.63, 3.8) is 0 Å². The lowest BCUT2D eigenvalue weighted by atomic mass is 10.1. The van der Waals surface area contributed by atoms with Crippen molar-refractivity contribution in [3.8, 4) is 0 Å². The topological polar surface area (TPSA) is 73.0 Å². The van der Waals surface area contributed by atoms with Crippen LogP contribution in [0.2, 0.25) is 0 Å². The van der Waals surface area contributed by atoms with Gasteiger partial charge in [0.1, 0.15) is 0 Å². The summed E-state index contributed by atoms with van der Waals surface area (Å²) in [6.07, 6.45) is -3.86. The Balaban J connectivity index is 1.46. The molecule has 2 aliphatic rings. The summed E-state index contributed by atoms with van der Waals surface area (Å²) in [6, 6.07) is 9.63. The summed E-state index contributed by atoms with van der Waals surface area (Å²) in [7, 11) is -3.76. The number of hydrogen-bond donors (Lipinski definition) is 1. The van der Waals surface area contributed by atoms with Crippen LogP contribution in [0.15, 0.2) is 47.4 Å². The van der Waals surface area contributed by atoms with Gasteiger partial charge in [-0.25, -0.2) is 13.2 Å². The molecule has 0 bridgehead atoms. The van der Waals surface area contributed by atoms with E-state index in [-0.39, 0.29) is 37.1 Å². The van der Waals surface area contributed by atoms with Gasteiger partial charge >= 0.3 is 12.2 Å². The second-order valence-corrected chi connectivity index (χ2v) is 9.90. The molecular weight excluding hydrogens is 457 g/mol. The summed E-state index contributed by atoms with van der Waals surface area (Å²) in [5, 5.41) is 2.75. The van der Waals surface area contributed by atoms with Crippen molar-refractivity contribution in [2.45, 2.75) is 24.4 Å². The van der Waals surface area contributed by atoms with E-state index >= 15 is 0 Å².